The van der Waals surface area contributed by atoms with Crippen molar-refractivity contribution in [1.29, 1.82) is 0 Å². The van der Waals surface area contributed by atoms with E-state index in [-0.39, 0.29) is 11.5 Å². The first-order chi connectivity index (χ1) is 8.65. The minimum absolute atomic E-state index is 0.205. The fourth-order valence-corrected chi connectivity index (χ4v) is 1.80. The molecule has 0 saturated carbocycles. The molecular formula is C16H14O2. The van der Waals surface area contributed by atoms with Crippen LogP contribution in [0.3, 0.4) is 0 Å². The van der Waals surface area contributed by atoms with Crippen LogP contribution in [-0.4, -0.2) is 10.2 Å². The Morgan fingerprint density at radius 2 is 1.11 bits per heavy atom. The fourth-order valence-electron chi connectivity index (χ4n) is 1.80. The van der Waals surface area contributed by atoms with Crippen molar-refractivity contribution in [2.75, 3.05) is 0 Å². The molecule has 18 heavy (non-hydrogen) atoms. The minimum Gasteiger partial charge on any atom is -0.507 e. The average molecular weight is 238 g/mol. The molecule has 0 bridgehead atoms. The number of phenolic OH excluding ortho intramolecular Hbond substituents is 2. The number of aromatic hydroxyl groups is 2. The first kappa shape index (κ1) is 12.0. The van der Waals surface area contributed by atoms with Crippen molar-refractivity contribution in [3.63, 3.8) is 0 Å². The maximum atomic E-state index is 9.60. The summed E-state index contributed by atoms with van der Waals surface area (Å²) >= 11 is 0. The Kier molecular flexibility index (Phi) is 3.20. The lowest BCUT2D eigenvalue weighted by atomic mass is 10.00. The molecule has 2 aromatic carbocycles. The molecule has 0 fully saturated rings. The lowest BCUT2D eigenvalue weighted by molar-refractivity contribution is 0.473. The lowest BCUT2D eigenvalue weighted by Crippen LogP contribution is -1.82. The van der Waals surface area contributed by atoms with Gasteiger partial charge in [0, 0.05) is 11.1 Å². The molecule has 2 aromatic rings. The average Bonchev–Trinajstić information content (AvgIpc) is 2.40. The Balaban J connectivity index is 2.54. The number of phenols is 2. The highest BCUT2D eigenvalue weighted by atomic mass is 16.3. The highest BCUT2D eigenvalue weighted by molar-refractivity contribution is 5.73. The van der Waals surface area contributed by atoms with Crippen molar-refractivity contribution >= 4 is 12.2 Å². The summed E-state index contributed by atoms with van der Waals surface area (Å²) < 4.78 is 0. The second kappa shape index (κ2) is 4.80. The third-order valence-corrected chi connectivity index (χ3v) is 2.83. The van der Waals surface area contributed by atoms with E-state index in [1.165, 1.54) is 0 Å². The molecule has 0 aliphatic heterocycles. The molecule has 0 saturated heterocycles. The first-order valence-electron chi connectivity index (χ1n) is 5.57. The standard InChI is InChI=1S/C16H14O2/c1-3-11-9-13(5-7-15(11)17)14-6-8-16(18)12(4-2)10-14/h3-10,17-18H,1-2H2. The zero-order valence-electron chi connectivity index (χ0n) is 9.93. The van der Waals surface area contributed by atoms with Gasteiger partial charge in [-0.3, -0.25) is 0 Å². The topological polar surface area (TPSA) is 40.5 Å². The van der Waals surface area contributed by atoms with Crippen LogP contribution in [0.25, 0.3) is 23.3 Å². The number of benzene rings is 2. The highest BCUT2D eigenvalue weighted by Gasteiger charge is 2.04. The maximum Gasteiger partial charge on any atom is 0.122 e. The van der Waals surface area contributed by atoms with Crippen molar-refractivity contribution in [2.45, 2.75) is 0 Å². The molecule has 0 aromatic heterocycles. The monoisotopic (exact) mass is 238 g/mol. The predicted octanol–water partition coefficient (Wildman–Crippen LogP) is 4.05. The van der Waals surface area contributed by atoms with Crippen LogP contribution in [0.15, 0.2) is 49.6 Å². The summed E-state index contributed by atoms with van der Waals surface area (Å²) in [4.78, 5) is 0. The Morgan fingerprint density at radius 1 is 0.722 bits per heavy atom. The van der Waals surface area contributed by atoms with E-state index in [0.29, 0.717) is 11.1 Å². The second-order valence-electron chi connectivity index (χ2n) is 3.96. The van der Waals surface area contributed by atoms with Gasteiger partial charge in [-0.25, -0.2) is 0 Å². The van der Waals surface area contributed by atoms with E-state index >= 15 is 0 Å². The minimum atomic E-state index is 0.205. The smallest absolute Gasteiger partial charge is 0.122 e. The molecule has 0 aliphatic rings. The van der Waals surface area contributed by atoms with Gasteiger partial charge in [-0.15, -0.1) is 0 Å². The van der Waals surface area contributed by atoms with Gasteiger partial charge in [0.1, 0.15) is 11.5 Å². The predicted molar refractivity (Wildman–Crippen MR) is 75.4 cm³/mol. The summed E-state index contributed by atoms with van der Waals surface area (Å²) in [6.07, 6.45) is 3.21. The van der Waals surface area contributed by atoms with Crippen LogP contribution in [-0.2, 0) is 0 Å². The third kappa shape index (κ3) is 2.13. The van der Waals surface area contributed by atoms with Gasteiger partial charge in [-0.2, -0.15) is 0 Å². The molecule has 0 amide bonds. The Hall–Kier alpha value is -2.48. The molecular weight excluding hydrogens is 224 g/mol. The largest absolute Gasteiger partial charge is 0.507 e. The van der Waals surface area contributed by atoms with Gasteiger partial charge < -0.3 is 10.2 Å². The molecule has 0 heterocycles. The van der Waals surface area contributed by atoms with Crippen LogP contribution in [0, 0.1) is 0 Å². The third-order valence-electron chi connectivity index (χ3n) is 2.83. The van der Waals surface area contributed by atoms with Gasteiger partial charge in [0.2, 0.25) is 0 Å². The molecule has 0 atom stereocenters. The number of hydrogen-bond acceptors (Lipinski definition) is 2. The summed E-state index contributed by atoms with van der Waals surface area (Å²) in [6.45, 7) is 7.32. The van der Waals surface area contributed by atoms with Gasteiger partial charge in [-0.05, 0) is 35.4 Å². The van der Waals surface area contributed by atoms with Crippen molar-refractivity contribution < 1.29 is 10.2 Å². The normalized spacial score (nSPS) is 10.0. The first-order valence-corrected chi connectivity index (χ1v) is 5.57. The number of rotatable bonds is 3. The van der Waals surface area contributed by atoms with Crippen LogP contribution in [0.2, 0.25) is 0 Å². The van der Waals surface area contributed by atoms with Crippen molar-refractivity contribution in [2.24, 2.45) is 0 Å². The molecule has 2 rings (SSSR count). The summed E-state index contributed by atoms with van der Waals surface area (Å²) in [5, 5.41) is 19.2. The fraction of sp³-hybridized carbons (Fsp3) is 0. The van der Waals surface area contributed by atoms with E-state index in [0.717, 1.165) is 11.1 Å². The van der Waals surface area contributed by atoms with Crippen molar-refractivity contribution in [3.8, 4) is 22.6 Å². The molecule has 0 radical (unpaired) electrons. The van der Waals surface area contributed by atoms with E-state index in [4.69, 9.17) is 0 Å². The van der Waals surface area contributed by atoms with Gasteiger partial charge in [0.15, 0.2) is 0 Å². The number of hydrogen-bond donors (Lipinski definition) is 2. The maximum absolute atomic E-state index is 9.60. The van der Waals surface area contributed by atoms with Crippen LogP contribution in [0.1, 0.15) is 11.1 Å². The van der Waals surface area contributed by atoms with E-state index in [1.54, 1.807) is 24.3 Å². The molecule has 90 valence electrons. The molecule has 0 aliphatic carbocycles. The van der Waals surface area contributed by atoms with Crippen LogP contribution < -0.4 is 0 Å². The molecule has 2 nitrogen and oxygen atoms in total. The summed E-state index contributed by atoms with van der Waals surface area (Å²) in [5.41, 5.74) is 3.26. The van der Waals surface area contributed by atoms with Crippen molar-refractivity contribution in [3.05, 3.63) is 60.7 Å². The zero-order valence-corrected chi connectivity index (χ0v) is 9.93. The lowest BCUT2D eigenvalue weighted by Gasteiger charge is -2.07. The van der Waals surface area contributed by atoms with Crippen LogP contribution >= 0.6 is 0 Å². The molecule has 0 unspecified atom stereocenters. The quantitative estimate of drug-likeness (QED) is 0.846. The molecule has 0 spiro atoms. The highest BCUT2D eigenvalue weighted by Crippen LogP contribution is 2.30. The summed E-state index contributed by atoms with van der Waals surface area (Å²) in [6, 6.07) is 10.6. The second-order valence-corrected chi connectivity index (χ2v) is 3.96. The molecule has 2 heteroatoms. The Bertz CT molecular complexity index is 557. The Labute approximate surface area is 106 Å². The van der Waals surface area contributed by atoms with Gasteiger partial charge in [0.25, 0.3) is 0 Å². The summed E-state index contributed by atoms with van der Waals surface area (Å²) in [5.74, 6) is 0.410. The van der Waals surface area contributed by atoms with E-state index < -0.39 is 0 Å². The van der Waals surface area contributed by atoms with Gasteiger partial charge >= 0.3 is 0 Å². The van der Waals surface area contributed by atoms with E-state index in [9.17, 15) is 10.2 Å². The van der Waals surface area contributed by atoms with Crippen molar-refractivity contribution in [1.82, 2.24) is 0 Å². The zero-order chi connectivity index (χ0) is 13.1. The van der Waals surface area contributed by atoms with Gasteiger partial charge in [-0.1, -0.05) is 37.4 Å². The molecule has 2 N–H and O–H groups in total. The Morgan fingerprint density at radius 3 is 1.44 bits per heavy atom. The van der Waals surface area contributed by atoms with Crippen LogP contribution in [0.5, 0.6) is 11.5 Å². The summed E-state index contributed by atoms with van der Waals surface area (Å²) in [7, 11) is 0. The van der Waals surface area contributed by atoms with E-state index in [2.05, 4.69) is 13.2 Å². The SMILES string of the molecule is C=Cc1cc(-c2ccc(O)c(C=C)c2)ccc1O. The van der Waals surface area contributed by atoms with Gasteiger partial charge in [0.05, 0.1) is 0 Å². The van der Waals surface area contributed by atoms with E-state index in [1.807, 2.05) is 24.3 Å². The van der Waals surface area contributed by atoms with Crippen LogP contribution in [0.4, 0.5) is 0 Å².